The zero-order valence-electron chi connectivity index (χ0n) is 11.3. The van der Waals surface area contributed by atoms with Crippen LogP contribution in [-0.4, -0.2) is 17.6 Å². The van der Waals surface area contributed by atoms with Crippen LogP contribution in [0.4, 0.5) is 14.5 Å². The highest BCUT2D eigenvalue weighted by Gasteiger charge is 2.18. The summed E-state index contributed by atoms with van der Waals surface area (Å²) >= 11 is 0. The van der Waals surface area contributed by atoms with Crippen molar-refractivity contribution in [3.05, 3.63) is 29.3 Å². The summed E-state index contributed by atoms with van der Waals surface area (Å²) in [5.74, 6) is -3.12. The van der Waals surface area contributed by atoms with Crippen molar-refractivity contribution in [2.45, 2.75) is 38.5 Å². The van der Waals surface area contributed by atoms with Crippen LogP contribution in [0, 0.1) is 17.6 Å². The van der Waals surface area contributed by atoms with Gasteiger partial charge in [-0.05, 0) is 30.9 Å². The molecule has 2 N–H and O–H groups in total. The van der Waals surface area contributed by atoms with Crippen LogP contribution < -0.4 is 5.32 Å². The lowest BCUT2D eigenvalue weighted by atomic mass is 10.0. The SMILES string of the molecule is O=C(O)c1ccc(NCCCC2CCCC2)c(F)c1F. The summed E-state index contributed by atoms with van der Waals surface area (Å²) in [6.45, 7) is 0.569. The second-order valence-electron chi connectivity index (χ2n) is 5.31. The third-order valence-corrected chi connectivity index (χ3v) is 3.89. The Morgan fingerprint density at radius 1 is 1.25 bits per heavy atom. The largest absolute Gasteiger partial charge is 0.478 e. The first-order valence-electron chi connectivity index (χ1n) is 7.04. The Hall–Kier alpha value is -1.65. The maximum absolute atomic E-state index is 13.6. The predicted molar refractivity (Wildman–Crippen MR) is 73.0 cm³/mol. The molecule has 0 bridgehead atoms. The molecule has 1 aliphatic carbocycles. The average Bonchev–Trinajstić information content (AvgIpc) is 2.92. The molecule has 110 valence electrons. The molecule has 0 unspecified atom stereocenters. The van der Waals surface area contributed by atoms with Gasteiger partial charge in [-0.25, -0.2) is 13.6 Å². The molecule has 5 heteroatoms. The summed E-state index contributed by atoms with van der Waals surface area (Å²) in [7, 11) is 0. The number of rotatable bonds is 6. The Bertz CT molecular complexity index is 485. The number of hydrogen-bond acceptors (Lipinski definition) is 2. The normalized spacial score (nSPS) is 15.5. The summed E-state index contributed by atoms with van der Waals surface area (Å²) in [6.07, 6.45) is 7.16. The van der Waals surface area contributed by atoms with Crippen LogP contribution in [0.3, 0.4) is 0 Å². The molecule has 1 aromatic rings. The second kappa shape index (κ2) is 6.68. The lowest BCUT2D eigenvalue weighted by Gasteiger charge is -2.11. The molecule has 0 atom stereocenters. The van der Waals surface area contributed by atoms with Gasteiger partial charge in [0.05, 0.1) is 11.3 Å². The number of carboxylic acids is 1. The Morgan fingerprint density at radius 3 is 2.60 bits per heavy atom. The fraction of sp³-hybridized carbons (Fsp3) is 0.533. The van der Waals surface area contributed by atoms with Crippen molar-refractivity contribution in [1.29, 1.82) is 0 Å². The Morgan fingerprint density at radius 2 is 1.95 bits per heavy atom. The highest BCUT2D eigenvalue weighted by Crippen LogP contribution is 2.28. The van der Waals surface area contributed by atoms with Crippen molar-refractivity contribution in [2.24, 2.45) is 5.92 Å². The molecule has 1 aliphatic rings. The van der Waals surface area contributed by atoms with Crippen molar-refractivity contribution in [3.63, 3.8) is 0 Å². The molecule has 1 aromatic carbocycles. The lowest BCUT2D eigenvalue weighted by Crippen LogP contribution is -2.09. The van der Waals surface area contributed by atoms with E-state index in [0.29, 0.717) is 6.54 Å². The van der Waals surface area contributed by atoms with Crippen LogP contribution in [0.5, 0.6) is 0 Å². The lowest BCUT2D eigenvalue weighted by molar-refractivity contribution is 0.0690. The summed E-state index contributed by atoms with van der Waals surface area (Å²) < 4.78 is 27.1. The smallest absolute Gasteiger partial charge is 0.338 e. The fourth-order valence-corrected chi connectivity index (χ4v) is 2.76. The monoisotopic (exact) mass is 283 g/mol. The number of aromatic carboxylic acids is 1. The summed E-state index contributed by atoms with van der Waals surface area (Å²) in [5, 5.41) is 11.5. The summed E-state index contributed by atoms with van der Waals surface area (Å²) in [6, 6.07) is 2.36. The second-order valence-corrected chi connectivity index (χ2v) is 5.31. The first kappa shape index (κ1) is 14.8. The van der Waals surface area contributed by atoms with Crippen LogP contribution in [0.15, 0.2) is 12.1 Å². The van der Waals surface area contributed by atoms with E-state index in [9.17, 15) is 13.6 Å². The van der Waals surface area contributed by atoms with Gasteiger partial charge in [0.15, 0.2) is 11.6 Å². The van der Waals surface area contributed by atoms with Crippen LogP contribution >= 0.6 is 0 Å². The quantitative estimate of drug-likeness (QED) is 0.774. The molecule has 20 heavy (non-hydrogen) atoms. The number of benzene rings is 1. The number of hydrogen-bond donors (Lipinski definition) is 2. The van der Waals surface area contributed by atoms with Crippen LogP contribution in [-0.2, 0) is 0 Å². The maximum Gasteiger partial charge on any atom is 0.338 e. The van der Waals surface area contributed by atoms with E-state index < -0.39 is 23.2 Å². The van der Waals surface area contributed by atoms with E-state index in [-0.39, 0.29) is 5.69 Å². The summed E-state index contributed by atoms with van der Waals surface area (Å²) in [5.41, 5.74) is -0.613. The van der Waals surface area contributed by atoms with Crippen molar-refractivity contribution < 1.29 is 18.7 Å². The molecule has 0 aromatic heterocycles. The molecule has 0 saturated heterocycles. The predicted octanol–water partition coefficient (Wildman–Crippen LogP) is 4.05. The zero-order chi connectivity index (χ0) is 14.5. The molecule has 0 heterocycles. The molecule has 0 aliphatic heterocycles. The first-order chi connectivity index (χ1) is 9.59. The summed E-state index contributed by atoms with van der Waals surface area (Å²) in [4.78, 5) is 10.7. The molecular weight excluding hydrogens is 264 g/mol. The van der Waals surface area contributed by atoms with Crippen molar-refractivity contribution in [1.82, 2.24) is 0 Å². The van der Waals surface area contributed by atoms with E-state index in [4.69, 9.17) is 5.11 Å². The zero-order valence-corrected chi connectivity index (χ0v) is 11.3. The maximum atomic E-state index is 13.6. The molecule has 3 nitrogen and oxygen atoms in total. The highest BCUT2D eigenvalue weighted by molar-refractivity contribution is 5.88. The topological polar surface area (TPSA) is 49.3 Å². The third-order valence-electron chi connectivity index (χ3n) is 3.89. The number of anilines is 1. The Kier molecular flexibility index (Phi) is 4.93. The van der Waals surface area contributed by atoms with E-state index in [1.807, 2.05) is 0 Å². The number of halogens is 2. The molecular formula is C15H19F2NO2. The van der Waals surface area contributed by atoms with E-state index in [1.54, 1.807) is 0 Å². The van der Waals surface area contributed by atoms with Gasteiger partial charge in [-0.1, -0.05) is 25.7 Å². The first-order valence-corrected chi connectivity index (χ1v) is 7.04. The van der Waals surface area contributed by atoms with E-state index in [0.717, 1.165) is 24.8 Å². The Labute approximate surface area is 117 Å². The van der Waals surface area contributed by atoms with Gasteiger partial charge in [0, 0.05) is 6.54 Å². The van der Waals surface area contributed by atoms with Crippen molar-refractivity contribution >= 4 is 11.7 Å². The van der Waals surface area contributed by atoms with Gasteiger partial charge < -0.3 is 10.4 Å². The standard InChI is InChI=1S/C15H19F2NO2/c16-13-11(15(19)20)7-8-12(14(13)17)18-9-3-6-10-4-1-2-5-10/h7-8,10,18H,1-6,9H2,(H,19,20). The van der Waals surface area contributed by atoms with Gasteiger partial charge in [0.2, 0.25) is 0 Å². The number of carboxylic acid groups (broad SMARTS) is 1. The fourth-order valence-electron chi connectivity index (χ4n) is 2.76. The van der Waals surface area contributed by atoms with E-state index >= 15 is 0 Å². The molecule has 0 amide bonds. The van der Waals surface area contributed by atoms with Gasteiger partial charge in [-0.15, -0.1) is 0 Å². The minimum atomic E-state index is -1.46. The molecule has 2 rings (SSSR count). The van der Waals surface area contributed by atoms with Gasteiger partial charge in [0.1, 0.15) is 0 Å². The van der Waals surface area contributed by atoms with Crippen LogP contribution in [0.1, 0.15) is 48.9 Å². The molecule has 1 saturated carbocycles. The molecule has 0 radical (unpaired) electrons. The number of nitrogens with one attached hydrogen (secondary N) is 1. The van der Waals surface area contributed by atoms with Crippen molar-refractivity contribution in [3.8, 4) is 0 Å². The third kappa shape index (κ3) is 3.46. The Balaban J connectivity index is 1.86. The van der Waals surface area contributed by atoms with E-state index in [1.165, 1.54) is 31.7 Å². The molecule has 1 fully saturated rings. The minimum Gasteiger partial charge on any atom is -0.478 e. The van der Waals surface area contributed by atoms with Gasteiger partial charge in [-0.2, -0.15) is 0 Å². The van der Waals surface area contributed by atoms with Crippen LogP contribution in [0.2, 0.25) is 0 Å². The van der Waals surface area contributed by atoms with Gasteiger partial charge in [-0.3, -0.25) is 0 Å². The van der Waals surface area contributed by atoms with E-state index in [2.05, 4.69) is 5.32 Å². The number of carbonyl (C=O) groups is 1. The average molecular weight is 283 g/mol. The highest BCUT2D eigenvalue weighted by atomic mass is 19.2. The molecule has 0 spiro atoms. The van der Waals surface area contributed by atoms with Crippen molar-refractivity contribution in [2.75, 3.05) is 11.9 Å². The minimum absolute atomic E-state index is 0.0268. The van der Waals surface area contributed by atoms with Gasteiger partial charge >= 0.3 is 5.97 Å². The van der Waals surface area contributed by atoms with Gasteiger partial charge in [0.25, 0.3) is 0 Å². The van der Waals surface area contributed by atoms with Crippen LogP contribution in [0.25, 0.3) is 0 Å².